The Morgan fingerprint density at radius 1 is 1.24 bits per heavy atom. The summed E-state index contributed by atoms with van der Waals surface area (Å²) < 4.78 is 32.2. The lowest BCUT2D eigenvalue weighted by molar-refractivity contribution is -0.118. The summed E-state index contributed by atoms with van der Waals surface area (Å²) in [6.45, 7) is 3.88. The van der Waals surface area contributed by atoms with Crippen molar-refractivity contribution < 1.29 is 17.9 Å². The van der Waals surface area contributed by atoms with Crippen molar-refractivity contribution in [1.82, 2.24) is 14.3 Å². The van der Waals surface area contributed by atoms with E-state index in [0.29, 0.717) is 19.0 Å². The SMILES string of the molecule is CCN(CC)S(=O)(=O)c1ccc(Cl)c(NC(=O)COc2ncnc3sccc23)c1. The maximum absolute atomic E-state index is 12.7. The van der Waals surface area contributed by atoms with Gasteiger partial charge in [0.15, 0.2) is 6.61 Å². The highest BCUT2D eigenvalue weighted by Gasteiger charge is 2.23. The van der Waals surface area contributed by atoms with Crippen molar-refractivity contribution in [2.45, 2.75) is 18.7 Å². The summed E-state index contributed by atoms with van der Waals surface area (Å²) >= 11 is 7.58. The zero-order valence-corrected chi connectivity index (χ0v) is 18.1. The van der Waals surface area contributed by atoms with Gasteiger partial charge < -0.3 is 10.1 Å². The Balaban J connectivity index is 1.74. The molecular weight excluding hydrogens is 436 g/mol. The molecule has 3 rings (SSSR count). The molecule has 1 amide bonds. The lowest BCUT2D eigenvalue weighted by Gasteiger charge is -2.19. The van der Waals surface area contributed by atoms with Gasteiger partial charge in [0.2, 0.25) is 15.9 Å². The number of hydrogen-bond acceptors (Lipinski definition) is 7. The third kappa shape index (κ3) is 4.67. The molecule has 0 bridgehead atoms. The van der Waals surface area contributed by atoms with E-state index in [1.54, 1.807) is 13.8 Å². The van der Waals surface area contributed by atoms with Gasteiger partial charge in [-0.15, -0.1) is 11.3 Å². The first-order valence-corrected chi connectivity index (χ1v) is 11.5. The third-order valence-corrected chi connectivity index (χ3v) is 7.32. The first-order chi connectivity index (χ1) is 13.9. The average Bonchev–Trinajstić information content (AvgIpc) is 3.18. The van der Waals surface area contributed by atoms with Gasteiger partial charge in [0.25, 0.3) is 5.91 Å². The summed E-state index contributed by atoms with van der Waals surface area (Å²) in [6, 6.07) is 6.01. The highest BCUT2D eigenvalue weighted by atomic mass is 35.5. The Kier molecular flexibility index (Phi) is 6.68. The van der Waals surface area contributed by atoms with Gasteiger partial charge >= 0.3 is 0 Å². The van der Waals surface area contributed by atoms with E-state index in [1.807, 2.05) is 11.4 Å². The van der Waals surface area contributed by atoms with Crippen LogP contribution in [0.25, 0.3) is 10.2 Å². The van der Waals surface area contributed by atoms with Gasteiger partial charge in [-0.1, -0.05) is 25.4 Å². The van der Waals surface area contributed by atoms with Gasteiger partial charge in [-0.2, -0.15) is 4.31 Å². The minimum Gasteiger partial charge on any atom is -0.467 e. The van der Waals surface area contributed by atoms with Crippen LogP contribution in [-0.2, 0) is 14.8 Å². The molecule has 0 aliphatic carbocycles. The molecule has 0 saturated carbocycles. The number of nitrogens with zero attached hydrogens (tertiary/aromatic N) is 3. The van der Waals surface area contributed by atoms with Gasteiger partial charge in [-0.3, -0.25) is 4.79 Å². The maximum atomic E-state index is 12.7. The highest BCUT2D eigenvalue weighted by molar-refractivity contribution is 7.89. The fourth-order valence-electron chi connectivity index (χ4n) is 2.68. The monoisotopic (exact) mass is 454 g/mol. The molecular formula is C18H19ClN4O4S2. The van der Waals surface area contributed by atoms with Crippen LogP contribution in [0.5, 0.6) is 5.88 Å². The van der Waals surface area contributed by atoms with E-state index in [-0.39, 0.29) is 22.2 Å². The topological polar surface area (TPSA) is 101 Å². The van der Waals surface area contributed by atoms with Crippen LogP contribution in [-0.4, -0.2) is 48.3 Å². The normalized spacial score (nSPS) is 11.7. The fourth-order valence-corrected chi connectivity index (χ4v) is 5.05. The molecule has 0 aliphatic heterocycles. The molecule has 3 aromatic rings. The van der Waals surface area contributed by atoms with Crippen LogP contribution < -0.4 is 10.1 Å². The predicted molar refractivity (Wildman–Crippen MR) is 113 cm³/mol. The van der Waals surface area contributed by atoms with Crippen molar-refractivity contribution >= 4 is 54.8 Å². The summed E-state index contributed by atoms with van der Waals surface area (Å²) in [5.74, 6) is -0.193. The number of nitrogens with one attached hydrogen (secondary N) is 1. The van der Waals surface area contributed by atoms with Crippen molar-refractivity contribution in [2.75, 3.05) is 25.0 Å². The van der Waals surface area contributed by atoms with E-state index in [4.69, 9.17) is 16.3 Å². The highest BCUT2D eigenvalue weighted by Crippen LogP contribution is 2.28. The number of hydrogen-bond donors (Lipinski definition) is 1. The summed E-state index contributed by atoms with van der Waals surface area (Å²) in [4.78, 5) is 21.3. The summed E-state index contributed by atoms with van der Waals surface area (Å²) in [7, 11) is -3.67. The standard InChI is InChI=1S/C18H19ClN4O4S2/c1-3-23(4-2)29(25,26)12-5-6-14(19)15(9-12)22-16(24)10-27-17-13-7-8-28-18(13)21-11-20-17/h5-9,11H,3-4,10H2,1-2H3,(H,22,24). The Morgan fingerprint density at radius 2 is 2.00 bits per heavy atom. The van der Waals surface area contributed by atoms with Gasteiger partial charge in [0.1, 0.15) is 11.2 Å². The molecule has 29 heavy (non-hydrogen) atoms. The van der Waals surface area contributed by atoms with Crippen LogP contribution in [0.15, 0.2) is 40.9 Å². The van der Waals surface area contributed by atoms with Crippen LogP contribution in [0.3, 0.4) is 0 Å². The summed E-state index contributed by atoms with van der Waals surface area (Å²) in [6.07, 6.45) is 1.37. The molecule has 1 aromatic carbocycles. The fraction of sp³-hybridized carbons (Fsp3) is 0.278. The quantitative estimate of drug-likeness (QED) is 0.559. The van der Waals surface area contributed by atoms with Crippen LogP contribution in [0.4, 0.5) is 5.69 Å². The van der Waals surface area contributed by atoms with Crippen LogP contribution in [0.2, 0.25) is 5.02 Å². The first kappa shape index (κ1) is 21.4. The van der Waals surface area contributed by atoms with Crippen molar-refractivity contribution in [3.05, 3.63) is 41.0 Å². The Labute approximate surface area is 177 Å². The number of ether oxygens (including phenoxy) is 1. The Hall–Kier alpha value is -2.27. The molecule has 0 fully saturated rings. The van der Waals surface area contributed by atoms with Gasteiger partial charge in [-0.05, 0) is 29.6 Å². The Bertz CT molecular complexity index is 1130. The molecule has 8 nitrogen and oxygen atoms in total. The van der Waals surface area contributed by atoms with Gasteiger partial charge in [0.05, 0.1) is 21.0 Å². The minimum atomic E-state index is -3.67. The molecule has 0 atom stereocenters. The van der Waals surface area contributed by atoms with Gasteiger partial charge in [-0.25, -0.2) is 18.4 Å². The summed E-state index contributed by atoms with van der Waals surface area (Å²) in [5, 5.41) is 5.38. The largest absolute Gasteiger partial charge is 0.467 e. The maximum Gasteiger partial charge on any atom is 0.262 e. The van der Waals surface area contributed by atoms with Crippen LogP contribution in [0, 0.1) is 0 Å². The number of anilines is 1. The summed E-state index contributed by atoms with van der Waals surface area (Å²) in [5.41, 5.74) is 0.192. The number of amides is 1. The van der Waals surface area contributed by atoms with E-state index in [0.717, 1.165) is 10.2 Å². The van der Waals surface area contributed by atoms with E-state index in [2.05, 4.69) is 15.3 Å². The lowest BCUT2D eigenvalue weighted by atomic mass is 10.3. The lowest BCUT2D eigenvalue weighted by Crippen LogP contribution is -2.30. The molecule has 0 saturated heterocycles. The van der Waals surface area contributed by atoms with Crippen molar-refractivity contribution in [3.8, 4) is 5.88 Å². The van der Waals surface area contributed by atoms with Crippen LogP contribution >= 0.6 is 22.9 Å². The molecule has 11 heteroatoms. The number of rotatable bonds is 8. The van der Waals surface area contributed by atoms with Crippen LogP contribution in [0.1, 0.15) is 13.8 Å². The van der Waals surface area contributed by atoms with Crippen molar-refractivity contribution in [2.24, 2.45) is 0 Å². The zero-order chi connectivity index (χ0) is 21.0. The molecule has 2 heterocycles. The number of carbonyl (C=O) groups is 1. The number of halogens is 1. The number of benzene rings is 1. The molecule has 0 spiro atoms. The first-order valence-electron chi connectivity index (χ1n) is 8.77. The average molecular weight is 455 g/mol. The predicted octanol–water partition coefficient (Wildman–Crippen LogP) is 3.39. The number of carbonyl (C=O) groups excluding carboxylic acids is 1. The minimum absolute atomic E-state index is 0.0533. The van der Waals surface area contributed by atoms with Crippen molar-refractivity contribution in [1.29, 1.82) is 0 Å². The number of fused-ring (bicyclic) bond motifs is 1. The molecule has 0 unspecified atom stereocenters. The van der Waals surface area contributed by atoms with Gasteiger partial charge in [0, 0.05) is 13.1 Å². The van der Waals surface area contributed by atoms with E-state index >= 15 is 0 Å². The molecule has 0 radical (unpaired) electrons. The molecule has 0 aliphatic rings. The molecule has 154 valence electrons. The number of thiophene rings is 1. The number of sulfonamides is 1. The number of aromatic nitrogens is 2. The van der Waals surface area contributed by atoms with E-state index < -0.39 is 15.9 Å². The zero-order valence-electron chi connectivity index (χ0n) is 15.8. The third-order valence-electron chi connectivity index (χ3n) is 4.12. The second-order valence-electron chi connectivity index (χ2n) is 5.89. The van der Waals surface area contributed by atoms with E-state index in [9.17, 15) is 13.2 Å². The Morgan fingerprint density at radius 3 is 2.72 bits per heavy atom. The van der Waals surface area contributed by atoms with E-state index in [1.165, 1.54) is 40.2 Å². The smallest absolute Gasteiger partial charge is 0.262 e. The van der Waals surface area contributed by atoms with Crippen molar-refractivity contribution in [3.63, 3.8) is 0 Å². The second-order valence-corrected chi connectivity index (χ2v) is 9.13. The second kappa shape index (κ2) is 9.04. The molecule has 2 aromatic heterocycles. The molecule has 1 N–H and O–H groups in total.